The fourth-order valence-electron chi connectivity index (χ4n) is 3.72. The molecule has 1 aliphatic heterocycles. The summed E-state index contributed by atoms with van der Waals surface area (Å²) in [4.78, 5) is 30.4. The summed E-state index contributed by atoms with van der Waals surface area (Å²) in [6.07, 6.45) is 3.26. The van der Waals surface area contributed by atoms with Crippen LogP contribution in [0.25, 0.3) is 5.57 Å². The number of benzene rings is 2. The number of anilines is 1. The van der Waals surface area contributed by atoms with E-state index in [0.29, 0.717) is 58.8 Å². The highest BCUT2D eigenvalue weighted by Gasteiger charge is 2.27. The van der Waals surface area contributed by atoms with Crippen molar-refractivity contribution in [1.29, 1.82) is 0 Å². The largest absolute Gasteiger partial charge is 0.493 e. The van der Waals surface area contributed by atoms with Crippen molar-refractivity contribution in [3.8, 4) is 5.75 Å². The molecule has 0 saturated carbocycles. The number of ether oxygens (including phenoxy) is 1. The van der Waals surface area contributed by atoms with Gasteiger partial charge in [0, 0.05) is 49.5 Å². The molecule has 0 spiro atoms. The minimum Gasteiger partial charge on any atom is -0.493 e. The molecule has 0 atom stereocenters. The summed E-state index contributed by atoms with van der Waals surface area (Å²) in [6, 6.07) is 17.5. The van der Waals surface area contributed by atoms with Gasteiger partial charge in [0.15, 0.2) is 5.49 Å². The van der Waals surface area contributed by atoms with Gasteiger partial charge in [0.1, 0.15) is 5.75 Å². The fraction of sp³-hybridized carbons (Fsp3) is 0.160. The molecule has 1 aliphatic rings. The van der Waals surface area contributed by atoms with Crippen LogP contribution in [0.5, 0.6) is 5.75 Å². The highest BCUT2D eigenvalue weighted by molar-refractivity contribution is 6.15. The van der Waals surface area contributed by atoms with E-state index in [9.17, 15) is 19.9 Å². The average Bonchev–Trinajstić information content (AvgIpc) is 2.89. The Morgan fingerprint density at radius 1 is 1.06 bits per heavy atom. The molecule has 2 aromatic carbocycles. The van der Waals surface area contributed by atoms with Gasteiger partial charge in [-0.15, -0.1) is 0 Å². The SMILES string of the molecule is CN1C(=O)c2ccccc2/C(=C/C(=O)O)c2ccc(OCCCN=c3ccccn3O)cc21. The van der Waals surface area contributed by atoms with Crippen LogP contribution < -0.4 is 15.1 Å². The number of carboxylic acids is 1. The Labute approximate surface area is 190 Å². The third-order valence-electron chi connectivity index (χ3n) is 5.30. The third kappa shape index (κ3) is 4.64. The topological polar surface area (TPSA) is 104 Å². The number of carbonyl (C=O) groups is 2. The zero-order chi connectivity index (χ0) is 23.4. The number of rotatable bonds is 6. The van der Waals surface area contributed by atoms with E-state index in [1.807, 2.05) is 0 Å². The number of nitrogens with zero attached hydrogens (tertiary/aromatic N) is 3. The predicted molar refractivity (Wildman–Crippen MR) is 122 cm³/mol. The Bertz CT molecular complexity index is 1310. The molecule has 0 fully saturated rings. The molecule has 1 aromatic heterocycles. The lowest BCUT2D eigenvalue weighted by molar-refractivity contribution is -0.131. The lowest BCUT2D eigenvalue weighted by Gasteiger charge is -2.19. The highest BCUT2D eigenvalue weighted by atomic mass is 16.5. The summed E-state index contributed by atoms with van der Waals surface area (Å²) in [5, 5.41) is 19.1. The van der Waals surface area contributed by atoms with E-state index in [-0.39, 0.29) is 5.91 Å². The van der Waals surface area contributed by atoms with Crippen LogP contribution in [0.4, 0.5) is 5.69 Å². The van der Waals surface area contributed by atoms with Crippen LogP contribution in [0, 0.1) is 0 Å². The summed E-state index contributed by atoms with van der Waals surface area (Å²) in [5.41, 5.74) is 3.15. The van der Waals surface area contributed by atoms with Crippen molar-refractivity contribution >= 4 is 23.1 Å². The molecule has 1 amide bonds. The quantitative estimate of drug-likeness (QED) is 0.344. The second-order valence-corrected chi connectivity index (χ2v) is 7.47. The molecule has 0 radical (unpaired) electrons. The van der Waals surface area contributed by atoms with E-state index in [1.165, 1.54) is 11.1 Å². The fourth-order valence-corrected chi connectivity index (χ4v) is 3.72. The minimum absolute atomic E-state index is 0.225. The molecule has 0 unspecified atom stereocenters. The summed E-state index contributed by atoms with van der Waals surface area (Å²) < 4.78 is 6.81. The second kappa shape index (κ2) is 9.44. The normalized spacial score (nSPS) is 14.6. The minimum atomic E-state index is -1.09. The Kier molecular flexibility index (Phi) is 6.26. The number of fused-ring (bicyclic) bond motifs is 2. The Morgan fingerprint density at radius 3 is 2.58 bits per heavy atom. The lowest BCUT2D eigenvalue weighted by atomic mass is 9.94. The van der Waals surface area contributed by atoms with Gasteiger partial charge in [0.2, 0.25) is 0 Å². The van der Waals surface area contributed by atoms with Crippen LogP contribution in [0.15, 0.2) is 77.9 Å². The standard InChI is InChI=1S/C25H23N3O5/c1-27-22-15-17(33-14-6-12-26-23-9-4-5-13-28(23)32)10-11-19(22)21(16-24(29)30)18-7-2-3-8-20(18)25(27)31/h2-5,7-11,13,15-16,32H,6,12,14H2,1H3,(H,29,30)/b21-16-,26-23?. The van der Waals surface area contributed by atoms with E-state index in [0.717, 1.165) is 10.8 Å². The summed E-state index contributed by atoms with van der Waals surface area (Å²) in [7, 11) is 1.66. The van der Waals surface area contributed by atoms with Crippen molar-refractivity contribution < 1.29 is 24.6 Å². The molecule has 0 saturated heterocycles. The van der Waals surface area contributed by atoms with Crippen molar-refractivity contribution in [1.82, 2.24) is 4.73 Å². The molecule has 3 aromatic rings. The highest BCUT2D eigenvalue weighted by Crippen LogP contribution is 2.39. The molecule has 8 nitrogen and oxygen atoms in total. The van der Waals surface area contributed by atoms with Crippen molar-refractivity contribution in [2.24, 2.45) is 4.99 Å². The van der Waals surface area contributed by atoms with Gasteiger partial charge in [-0.1, -0.05) is 24.3 Å². The number of aromatic nitrogens is 1. The smallest absolute Gasteiger partial charge is 0.328 e. The first-order valence-electron chi connectivity index (χ1n) is 10.4. The zero-order valence-corrected chi connectivity index (χ0v) is 18.0. The molecule has 0 aliphatic carbocycles. The molecule has 0 bridgehead atoms. The monoisotopic (exact) mass is 445 g/mol. The van der Waals surface area contributed by atoms with Crippen LogP contribution in [-0.4, -0.2) is 47.1 Å². The van der Waals surface area contributed by atoms with Crippen LogP contribution in [0.3, 0.4) is 0 Å². The van der Waals surface area contributed by atoms with Gasteiger partial charge in [-0.2, -0.15) is 4.73 Å². The van der Waals surface area contributed by atoms with Gasteiger partial charge in [-0.25, -0.2) is 4.79 Å². The average molecular weight is 445 g/mol. The van der Waals surface area contributed by atoms with Crippen LogP contribution in [-0.2, 0) is 4.79 Å². The molecule has 8 heteroatoms. The number of carboxylic acid groups (broad SMARTS) is 1. The molecule has 4 rings (SSSR count). The van der Waals surface area contributed by atoms with Gasteiger partial charge in [0.05, 0.1) is 12.3 Å². The van der Waals surface area contributed by atoms with Crippen molar-refractivity contribution in [3.63, 3.8) is 0 Å². The van der Waals surface area contributed by atoms with Gasteiger partial charge in [-0.3, -0.25) is 9.79 Å². The van der Waals surface area contributed by atoms with Crippen molar-refractivity contribution in [2.45, 2.75) is 6.42 Å². The Balaban J connectivity index is 1.57. The molecule has 2 N–H and O–H groups in total. The molecular weight excluding hydrogens is 422 g/mol. The molecular formula is C25H23N3O5. The van der Waals surface area contributed by atoms with Gasteiger partial charge < -0.3 is 20.0 Å². The first kappa shape index (κ1) is 21.9. The molecule has 2 heterocycles. The lowest BCUT2D eigenvalue weighted by Crippen LogP contribution is -2.26. The predicted octanol–water partition coefficient (Wildman–Crippen LogP) is 3.20. The molecule has 33 heavy (non-hydrogen) atoms. The number of amides is 1. The van der Waals surface area contributed by atoms with E-state index < -0.39 is 5.97 Å². The molecule has 168 valence electrons. The number of carbonyl (C=O) groups excluding carboxylic acids is 1. The number of aliphatic carboxylic acids is 1. The zero-order valence-electron chi connectivity index (χ0n) is 18.0. The van der Waals surface area contributed by atoms with Gasteiger partial charge in [-0.05, 0) is 41.5 Å². The number of pyridine rings is 1. The second-order valence-electron chi connectivity index (χ2n) is 7.47. The van der Waals surface area contributed by atoms with Crippen LogP contribution >= 0.6 is 0 Å². The van der Waals surface area contributed by atoms with Gasteiger partial charge >= 0.3 is 5.97 Å². The third-order valence-corrected chi connectivity index (χ3v) is 5.30. The Hall–Kier alpha value is -4.33. The van der Waals surface area contributed by atoms with Crippen LogP contribution in [0.2, 0.25) is 0 Å². The van der Waals surface area contributed by atoms with Crippen LogP contribution in [0.1, 0.15) is 27.9 Å². The summed E-state index contributed by atoms with van der Waals surface area (Å²) >= 11 is 0. The maximum absolute atomic E-state index is 13.1. The van der Waals surface area contributed by atoms with E-state index in [2.05, 4.69) is 4.99 Å². The number of hydrogen-bond donors (Lipinski definition) is 2. The van der Waals surface area contributed by atoms with E-state index in [4.69, 9.17) is 4.74 Å². The van der Waals surface area contributed by atoms with Crippen molar-refractivity contribution in [2.75, 3.05) is 25.1 Å². The van der Waals surface area contributed by atoms with E-state index >= 15 is 0 Å². The Morgan fingerprint density at radius 2 is 1.82 bits per heavy atom. The first-order valence-corrected chi connectivity index (χ1v) is 10.4. The van der Waals surface area contributed by atoms with Crippen molar-refractivity contribution in [3.05, 3.63) is 95.1 Å². The number of hydrogen-bond acceptors (Lipinski definition) is 5. The summed E-state index contributed by atoms with van der Waals surface area (Å²) in [5.74, 6) is -0.753. The van der Waals surface area contributed by atoms with Gasteiger partial charge in [0.25, 0.3) is 5.91 Å². The first-order chi connectivity index (χ1) is 16.0. The maximum Gasteiger partial charge on any atom is 0.328 e. The van der Waals surface area contributed by atoms with E-state index in [1.54, 1.807) is 67.7 Å². The summed E-state index contributed by atoms with van der Waals surface area (Å²) in [6.45, 7) is 0.852. The maximum atomic E-state index is 13.1.